The van der Waals surface area contributed by atoms with Crippen molar-refractivity contribution in [2.75, 3.05) is 26.2 Å². The normalized spacial score (nSPS) is 13.7. The maximum atomic E-state index is 12.0. The molecule has 0 spiro atoms. The highest BCUT2D eigenvalue weighted by atomic mass is 16.5. The zero-order chi connectivity index (χ0) is 14.2. The van der Waals surface area contributed by atoms with Crippen molar-refractivity contribution in [1.29, 1.82) is 0 Å². The molecule has 0 amide bonds. The molecule has 0 aromatic carbocycles. The second-order valence-electron chi connectivity index (χ2n) is 5.49. The first-order valence-electron chi connectivity index (χ1n) is 7.02. The van der Waals surface area contributed by atoms with Crippen LogP contribution in [0.25, 0.3) is 0 Å². The Hall–Kier alpha value is -0.610. The predicted octanol–water partition coefficient (Wildman–Crippen LogP) is 2.02. The third-order valence-electron chi connectivity index (χ3n) is 3.15. The van der Waals surface area contributed by atoms with Crippen LogP contribution in [-0.4, -0.2) is 43.2 Å². The first-order chi connectivity index (χ1) is 8.41. The number of nitrogens with two attached hydrogens (primary N) is 1. The van der Waals surface area contributed by atoms with Crippen molar-refractivity contribution < 1.29 is 9.53 Å². The van der Waals surface area contributed by atoms with Crippen LogP contribution in [0.3, 0.4) is 0 Å². The zero-order valence-corrected chi connectivity index (χ0v) is 12.7. The van der Waals surface area contributed by atoms with Gasteiger partial charge in [-0.3, -0.25) is 9.69 Å². The highest BCUT2D eigenvalue weighted by Crippen LogP contribution is 2.19. The lowest BCUT2D eigenvalue weighted by atomic mass is 9.92. The number of likely N-dealkylation sites (N-methyl/N-ethyl adjacent to an activating group) is 1. The van der Waals surface area contributed by atoms with E-state index in [1.54, 1.807) is 0 Å². The van der Waals surface area contributed by atoms with Gasteiger partial charge in [0.25, 0.3) is 0 Å². The van der Waals surface area contributed by atoms with Crippen LogP contribution in [-0.2, 0) is 9.53 Å². The summed E-state index contributed by atoms with van der Waals surface area (Å²) in [6.45, 7) is 13.0. The van der Waals surface area contributed by atoms with Crippen LogP contribution in [0.15, 0.2) is 0 Å². The highest BCUT2D eigenvalue weighted by Gasteiger charge is 2.29. The molecule has 0 saturated heterocycles. The Bertz CT molecular complexity index is 242. The summed E-state index contributed by atoms with van der Waals surface area (Å²) in [6.07, 6.45) is 1.82. The molecule has 0 aromatic rings. The summed E-state index contributed by atoms with van der Waals surface area (Å²) in [5.41, 5.74) is 5.80. The van der Waals surface area contributed by atoms with Gasteiger partial charge in [-0.2, -0.15) is 0 Å². The van der Waals surface area contributed by atoms with Crippen LogP contribution in [0.4, 0.5) is 0 Å². The lowest BCUT2D eigenvalue weighted by Gasteiger charge is -2.35. The first-order valence-corrected chi connectivity index (χ1v) is 7.02. The van der Waals surface area contributed by atoms with Gasteiger partial charge in [-0.15, -0.1) is 0 Å². The molecule has 0 saturated carbocycles. The van der Waals surface area contributed by atoms with E-state index >= 15 is 0 Å². The summed E-state index contributed by atoms with van der Waals surface area (Å²) in [5, 5.41) is 0. The minimum Gasteiger partial charge on any atom is -0.465 e. The van der Waals surface area contributed by atoms with E-state index in [0.29, 0.717) is 13.2 Å². The van der Waals surface area contributed by atoms with Gasteiger partial charge >= 0.3 is 5.97 Å². The molecule has 1 unspecified atom stereocenters. The molecule has 0 aliphatic heterocycles. The third kappa shape index (κ3) is 5.83. The quantitative estimate of drug-likeness (QED) is 0.643. The summed E-state index contributed by atoms with van der Waals surface area (Å²) in [5.74, 6) is -0.103. The van der Waals surface area contributed by atoms with E-state index in [1.807, 2.05) is 6.92 Å². The topological polar surface area (TPSA) is 55.6 Å². The van der Waals surface area contributed by atoms with Crippen molar-refractivity contribution in [3.8, 4) is 0 Å². The molecule has 1 atom stereocenters. The molecule has 2 N–H and O–H groups in total. The van der Waals surface area contributed by atoms with E-state index < -0.39 is 0 Å². The molecule has 18 heavy (non-hydrogen) atoms. The van der Waals surface area contributed by atoms with Gasteiger partial charge in [0.2, 0.25) is 0 Å². The Balaban J connectivity index is 4.76. The van der Waals surface area contributed by atoms with Crippen molar-refractivity contribution in [3.63, 3.8) is 0 Å². The molecule has 0 bridgehead atoms. The summed E-state index contributed by atoms with van der Waals surface area (Å²) in [7, 11) is 0. The molecule has 0 fully saturated rings. The van der Waals surface area contributed by atoms with Crippen molar-refractivity contribution in [2.45, 2.75) is 53.5 Å². The monoisotopic (exact) mass is 258 g/mol. The van der Waals surface area contributed by atoms with Crippen LogP contribution in [0.5, 0.6) is 0 Å². The number of esters is 1. The van der Waals surface area contributed by atoms with Crippen molar-refractivity contribution in [1.82, 2.24) is 4.90 Å². The van der Waals surface area contributed by atoms with Gasteiger partial charge in [0.1, 0.15) is 6.04 Å². The fourth-order valence-corrected chi connectivity index (χ4v) is 2.02. The van der Waals surface area contributed by atoms with Gasteiger partial charge in [-0.1, -0.05) is 34.1 Å². The van der Waals surface area contributed by atoms with Gasteiger partial charge in [0.05, 0.1) is 6.61 Å². The zero-order valence-electron chi connectivity index (χ0n) is 12.7. The Morgan fingerprint density at radius 1 is 1.33 bits per heavy atom. The fraction of sp³-hybridized carbons (Fsp3) is 0.929. The van der Waals surface area contributed by atoms with Crippen LogP contribution in [0, 0.1) is 5.41 Å². The van der Waals surface area contributed by atoms with E-state index in [2.05, 4.69) is 32.6 Å². The van der Waals surface area contributed by atoms with E-state index in [-0.39, 0.29) is 17.4 Å². The van der Waals surface area contributed by atoms with E-state index in [4.69, 9.17) is 10.5 Å². The van der Waals surface area contributed by atoms with Gasteiger partial charge in [0, 0.05) is 6.54 Å². The average Bonchev–Trinajstić information content (AvgIpc) is 2.33. The minimum absolute atomic E-state index is 0.0223. The second kappa shape index (κ2) is 8.48. The van der Waals surface area contributed by atoms with Crippen molar-refractivity contribution >= 4 is 5.97 Å². The number of nitrogens with zero attached hydrogens (tertiary/aromatic N) is 1. The number of hydrogen-bond donors (Lipinski definition) is 1. The SMILES string of the molecule is CCCC(C(=O)OCC)N(CC)CC(C)(C)CN. The van der Waals surface area contributed by atoms with Crippen LogP contribution in [0.1, 0.15) is 47.5 Å². The predicted molar refractivity (Wildman–Crippen MR) is 75.4 cm³/mol. The third-order valence-corrected chi connectivity index (χ3v) is 3.15. The Labute approximate surface area is 112 Å². The maximum absolute atomic E-state index is 12.0. The number of carbonyl (C=O) groups excluding carboxylic acids is 1. The fourth-order valence-electron chi connectivity index (χ4n) is 2.02. The molecule has 4 nitrogen and oxygen atoms in total. The summed E-state index contributed by atoms with van der Waals surface area (Å²) < 4.78 is 5.18. The molecule has 108 valence electrons. The molecule has 0 radical (unpaired) electrons. The molecule has 4 heteroatoms. The van der Waals surface area contributed by atoms with Gasteiger partial charge < -0.3 is 10.5 Å². The average molecular weight is 258 g/mol. The van der Waals surface area contributed by atoms with Crippen LogP contribution < -0.4 is 5.73 Å². The second-order valence-corrected chi connectivity index (χ2v) is 5.49. The molecule has 0 aromatic heterocycles. The van der Waals surface area contributed by atoms with Crippen LogP contribution >= 0.6 is 0 Å². The number of rotatable bonds is 9. The van der Waals surface area contributed by atoms with Gasteiger partial charge in [-0.05, 0) is 31.8 Å². The lowest BCUT2D eigenvalue weighted by molar-refractivity contribution is -0.150. The number of hydrogen-bond acceptors (Lipinski definition) is 4. The molecule has 0 aliphatic rings. The largest absolute Gasteiger partial charge is 0.465 e. The molecule has 0 rings (SSSR count). The Morgan fingerprint density at radius 3 is 2.33 bits per heavy atom. The van der Waals surface area contributed by atoms with Gasteiger partial charge in [-0.25, -0.2) is 0 Å². The van der Waals surface area contributed by atoms with Crippen molar-refractivity contribution in [3.05, 3.63) is 0 Å². The number of ether oxygens (including phenoxy) is 1. The highest BCUT2D eigenvalue weighted by molar-refractivity contribution is 5.75. The molecular weight excluding hydrogens is 228 g/mol. The Kier molecular flexibility index (Phi) is 8.20. The number of carbonyl (C=O) groups is 1. The first kappa shape index (κ1) is 17.4. The molecule has 0 aliphatic carbocycles. The maximum Gasteiger partial charge on any atom is 0.323 e. The molecular formula is C14H30N2O2. The lowest BCUT2D eigenvalue weighted by Crippen LogP contribution is -2.48. The standard InChI is InChI=1S/C14H30N2O2/c1-6-9-12(13(17)18-8-3)16(7-2)11-14(4,5)10-15/h12H,6-11,15H2,1-5H3. The summed E-state index contributed by atoms with van der Waals surface area (Å²) >= 11 is 0. The minimum atomic E-state index is -0.134. The van der Waals surface area contributed by atoms with Gasteiger partial charge in [0.15, 0.2) is 0 Å². The van der Waals surface area contributed by atoms with E-state index in [0.717, 1.165) is 25.9 Å². The van der Waals surface area contributed by atoms with E-state index in [9.17, 15) is 4.79 Å². The smallest absolute Gasteiger partial charge is 0.323 e. The summed E-state index contributed by atoms with van der Waals surface area (Å²) in [4.78, 5) is 14.2. The van der Waals surface area contributed by atoms with Crippen molar-refractivity contribution in [2.24, 2.45) is 11.1 Å². The van der Waals surface area contributed by atoms with Crippen LogP contribution in [0.2, 0.25) is 0 Å². The molecule has 0 heterocycles. The van der Waals surface area contributed by atoms with E-state index in [1.165, 1.54) is 0 Å². The summed E-state index contributed by atoms with van der Waals surface area (Å²) in [6, 6.07) is -0.134. The Morgan fingerprint density at radius 2 is 1.94 bits per heavy atom.